The fraction of sp³-hybridized carbons (Fsp3) is 0.806. The standard InChI is InChI=1S/C36H69N2O7P/c1-3-5-7-9-11-13-15-16-17-18-19-21-23-25-27-33(39)31-36(41)38-34(32-45-46(42,43)44-30-29-37)35(40)28-26-24-22-20-14-12-10-8-6-4-2/h6,8,14,20,26,28,33-35,39-40H,3-5,7,9-13,15-19,21-25,27,29-32,37H2,1-2H3,(H,38,41)(H,42,43)/b8-6+,20-14+,28-26+. The highest BCUT2D eigenvalue weighted by molar-refractivity contribution is 7.47. The average Bonchev–Trinajstić information content (AvgIpc) is 3.03. The number of aliphatic hydroxyl groups excluding tert-OH is 2. The van der Waals surface area contributed by atoms with Crippen molar-refractivity contribution in [3.8, 4) is 0 Å². The van der Waals surface area contributed by atoms with Gasteiger partial charge in [0.2, 0.25) is 5.91 Å². The molecule has 4 unspecified atom stereocenters. The number of carbonyl (C=O) groups is 1. The molecule has 10 heteroatoms. The number of rotatable bonds is 33. The largest absolute Gasteiger partial charge is 0.472 e. The van der Waals surface area contributed by atoms with E-state index >= 15 is 0 Å². The van der Waals surface area contributed by atoms with E-state index in [1.807, 2.05) is 0 Å². The second-order valence-electron chi connectivity index (χ2n) is 12.2. The number of amides is 1. The average molecular weight is 673 g/mol. The molecule has 4 atom stereocenters. The Kier molecular flexibility index (Phi) is 31.3. The molecule has 0 saturated heterocycles. The zero-order valence-corrected chi connectivity index (χ0v) is 30.1. The first-order valence-corrected chi connectivity index (χ1v) is 19.7. The van der Waals surface area contributed by atoms with E-state index in [1.54, 1.807) is 12.2 Å². The summed E-state index contributed by atoms with van der Waals surface area (Å²) in [6.07, 6.45) is 32.4. The summed E-state index contributed by atoms with van der Waals surface area (Å²) in [6.45, 7) is 3.79. The number of phosphoric acid groups is 1. The highest BCUT2D eigenvalue weighted by Gasteiger charge is 2.27. The topological polar surface area (TPSA) is 151 Å². The molecule has 0 rings (SSSR count). The van der Waals surface area contributed by atoms with E-state index in [1.165, 1.54) is 70.6 Å². The number of hydrogen-bond donors (Lipinski definition) is 5. The van der Waals surface area contributed by atoms with E-state index in [0.29, 0.717) is 12.8 Å². The molecule has 0 saturated carbocycles. The Bertz CT molecular complexity index is 837. The van der Waals surface area contributed by atoms with E-state index in [4.69, 9.17) is 14.8 Å². The second-order valence-corrected chi connectivity index (χ2v) is 13.7. The van der Waals surface area contributed by atoms with E-state index in [-0.39, 0.29) is 19.6 Å². The van der Waals surface area contributed by atoms with Gasteiger partial charge >= 0.3 is 7.82 Å². The summed E-state index contributed by atoms with van der Waals surface area (Å²) in [5.74, 6) is -0.463. The lowest BCUT2D eigenvalue weighted by Crippen LogP contribution is -2.46. The van der Waals surface area contributed by atoms with Gasteiger partial charge in [-0.05, 0) is 38.5 Å². The van der Waals surface area contributed by atoms with E-state index in [0.717, 1.165) is 44.9 Å². The van der Waals surface area contributed by atoms with E-state index in [2.05, 4.69) is 43.5 Å². The number of carbonyl (C=O) groups excluding carboxylic acids is 1. The predicted molar refractivity (Wildman–Crippen MR) is 190 cm³/mol. The van der Waals surface area contributed by atoms with Gasteiger partial charge in [0.15, 0.2) is 0 Å². The molecule has 6 N–H and O–H groups in total. The molecule has 0 heterocycles. The second kappa shape index (κ2) is 32.2. The molecule has 0 fully saturated rings. The van der Waals surface area contributed by atoms with E-state index in [9.17, 15) is 24.5 Å². The van der Waals surface area contributed by atoms with Crippen LogP contribution in [0, 0.1) is 0 Å². The van der Waals surface area contributed by atoms with Crippen LogP contribution >= 0.6 is 7.82 Å². The number of nitrogens with two attached hydrogens (primary N) is 1. The Hall–Kier alpha value is -1.32. The highest BCUT2D eigenvalue weighted by Crippen LogP contribution is 2.43. The number of unbranched alkanes of at least 4 members (excludes halogenated alkanes) is 15. The van der Waals surface area contributed by atoms with Crippen LogP contribution < -0.4 is 11.1 Å². The van der Waals surface area contributed by atoms with Crippen molar-refractivity contribution in [3.05, 3.63) is 36.5 Å². The van der Waals surface area contributed by atoms with Crippen molar-refractivity contribution in [2.24, 2.45) is 5.73 Å². The molecule has 9 nitrogen and oxygen atoms in total. The van der Waals surface area contributed by atoms with Gasteiger partial charge in [0, 0.05) is 6.54 Å². The quantitative estimate of drug-likeness (QED) is 0.0266. The van der Waals surface area contributed by atoms with Gasteiger partial charge in [0.25, 0.3) is 0 Å². The number of phosphoric ester groups is 1. The molecule has 270 valence electrons. The number of hydrogen-bond acceptors (Lipinski definition) is 7. The summed E-state index contributed by atoms with van der Waals surface area (Å²) in [6, 6.07) is -1.00. The Labute approximate surface area is 281 Å². The molecular weight excluding hydrogens is 603 g/mol. The zero-order valence-electron chi connectivity index (χ0n) is 29.2. The molecular formula is C36H69N2O7P. The fourth-order valence-electron chi connectivity index (χ4n) is 5.04. The van der Waals surface area contributed by atoms with Crippen molar-refractivity contribution in [3.63, 3.8) is 0 Å². The molecule has 46 heavy (non-hydrogen) atoms. The SMILES string of the molecule is CC/C=C/CC/C=C/CC/C=C/C(O)C(COP(=O)(O)OCCN)NC(=O)CC(O)CCCCCCCCCCCCCCCC. The summed E-state index contributed by atoms with van der Waals surface area (Å²) >= 11 is 0. The maximum absolute atomic E-state index is 12.7. The molecule has 0 aromatic carbocycles. The van der Waals surface area contributed by atoms with Gasteiger partial charge in [-0.25, -0.2) is 4.57 Å². The Morgan fingerprint density at radius 3 is 1.78 bits per heavy atom. The van der Waals surface area contributed by atoms with Gasteiger partial charge in [0.1, 0.15) is 0 Å². The first kappa shape index (κ1) is 44.7. The fourth-order valence-corrected chi connectivity index (χ4v) is 5.80. The minimum atomic E-state index is -4.40. The van der Waals surface area contributed by atoms with Crippen molar-refractivity contribution < 1.29 is 33.5 Å². The van der Waals surface area contributed by atoms with Gasteiger partial charge < -0.3 is 26.2 Å². The van der Waals surface area contributed by atoms with Gasteiger partial charge in [-0.2, -0.15) is 0 Å². The third kappa shape index (κ3) is 30.0. The molecule has 0 aromatic heterocycles. The minimum Gasteiger partial charge on any atom is -0.393 e. The van der Waals surface area contributed by atoms with Crippen LogP contribution in [0.25, 0.3) is 0 Å². The van der Waals surface area contributed by atoms with Crippen molar-refractivity contribution in [1.82, 2.24) is 5.32 Å². The minimum absolute atomic E-state index is 0.0422. The summed E-state index contributed by atoms with van der Waals surface area (Å²) in [5, 5.41) is 23.8. The van der Waals surface area contributed by atoms with Crippen LogP contribution in [-0.2, 0) is 18.4 Å². The smallest absolute Gasteiger partial charge is 0.393 e. The van der Waals surface area contributed by atoms with Gasteiger partial charge in [-0.3, -0.25) is 13.8 Å². The zero-order chi connectivity index (χ0) is 34.1. The van der Waals surface area contributed by atoms with Crippen LogP contribution in [0.5, 0.6) is 0 Å². The van der Waals surface area contributed by atoms with Gasteiger partial charge in [-0.1, -0.05) is 140 Å². The van der Waals surface area contributed by atoms with Crippen LogP contribution in [0.4, 0.5) is 0 Å². The normalized spacial score (nSPS) is 15.5. The summed E-state index contributed by atoms with van der Waals surface area (Å²) < 4.78 is 21.9. The van der Waals surface area contributed by atoms with Crippen molar-refractivity contribution >= 4 is 13.7 Å². The molecule has 0 radical (unpaired) electrons. The lowest BCUT2D eigenvalue weighted by Gasteiger charge is -2.24. The first-order valence-electron chi connectivity index (χ1n) is 18.2. The summed E-state index contributed by atoms with van der Waals surface area (Å²) in [5.41, 5.74) is 5.33. The lowest BCUT2D eigenvalue weighted by molar-refractivity contribution is -0.124. The third-order valence-electron chi connectivity index (χ3n) is 7.76. The molecule has 0 spiro atoms. The number of aliphatic hydroxyl groups is 2. The monoisotopic (exact) mass is 672 g/mol. The molecule has 0 aromatic rings. The van der Waals surface area contributed by atoms with Crippen LogP contribution in [0.1, 0.15) is 149 Å². The van der Waals surface area contributed by atoms with Crippen LogP contribution in [0.3, 0.4) is 0 Å². The van der Waals surface area contributed by atoms with Crippen molar-refractivity contribution in [2.45, 2.75) is 167 Å². The molecule has 0 bridgehead atoms. The van der Waals surface area contributed by atoms with Gasteiger partial charge in [0.05, 0.1) is 37.9 Å². The molecule has 0 aliphatic carbocycles. The maximum atomic E-state index is 12.7. The first-order chi connectivity index (χ1) is 22.3. The summed E-state index contributed by atoms with van der Waals surface area (Å²) in [4.78, 5) is 22.6. The number of nitrogens with one attached hydrogen (secondary N) is 1. The van der Waals surface area contributed by atoms with Crippen LogP contribution in [-0.4, -0.2) is 59.0 Å². The molecule has 1 amide bonds. The molecule has 0 aliphatic heterocycles. The molecule has 0 aliphatic rings. The van der Waals surface area contributed by atoms with Crippen molar-refractivity contribution in [1.29, 1.82) is 0 Å². The Balaban J connectivity index is 4.45. The van der Waals surface area contributed by atoms with E-state index < -0.39 is 38.6 Å². The lowest BCUT2D eigenvalue weighted by atomic mass is 10.0. The van der Waals surface area contributed by atoms with Gasteiger partial charge in [-0.15, -0.1) is 0 Å². The number of allylic oxidation sites excluding steroid dienone is 5. The predicted octanol–water partition coefficient (Wildman–Crippen LogP) is 8.19. The van der Waals surface area contributed by atoms with Crippen LogP contribution in [0.2, 0.25) is 0 Å². The summed E-state index contributed by atoms with van der Waals surface area (Å²) in [7, 11) is -4.40. The Morgan fingerprint density at radius 1 is 0.761 bits per heavy atom. The maximum Gasteiger partial charge on any atom is 0.472 e. The highest BCUT2D eigenvalue weighted by atomic mass is 31.2. The Morgan fingerprint density at radius 2 is 1.26 bits per heavy atom. The van der Waals surface area contributed by atoms with Crippen LogP contribution in [0.15, 0.2) is 36.5 Å². The van der Waals surface area contributed by atoms with Crippen molar-refractivity contribution in [2.75, 3.05) is 19.8 Å². The third-order valence-corrected chi connectivity index (χ3v) is 8.75.